The summed E-state index contributed by atoms with van der Waals surface area (Å²) in [7, 11) is 0. The second-order valence-electron chi connectivity index (χ2n) is 20.7. The van der Waals surface area contributed by atoms with Crippen LogP contribution in [-0.4, -0.2) is 108 Å². The third-order valence-corrected chi connectivity index (χ3v) is 15.9. The first-order valence-electron chi connectivity index (χ1n) is 24.4. The molecule has 370 valence electrons. The Kier molecular flexibility index (Phi) is 10.3. The molecule has 2 amide bonds. The van der Waals surface area contributed by atoms with Gasteiger partial charge in [-0.3, -0.25) is 9.50 Å². The molecule has 2 bridgehead atoms. The van der Waals surface area contributed by atoms with Crippen LogP contribution in [-0.2, 0) is 20.8 Å². The molecule has 0 aromatic carbocycles. The van der Waals surface area contributed by atoms with Gasteiger partial charge in [0.2, 0.25) is 5.95 Å². The lowest BCUT2D eigenvalue weighted by molar-refractivity contribution is -0.783. The average molecular weight is 994 g/mol. The third kappa shape index (κ3) is 7.69. The van der Waals surface area contributed by atoms with Crippen LogP contribution in [0, 0.1) is 17.8 Å². The van der Waals surface area contributed by atoms with E-state index < -0.39 is 48.8 Å². The van der Waals surface area contributed by atoms with E-state index in [1.807, 2.05) is 34.0 Å². The number of carbonyl (C=O) groups is 2. The fraction of sp³-hybridized carbons (Fsp3) is 0.511. The Morgan fingerprint density at radius 1 is 1.00 bits per heavy atom. The zero-order valence-corrected chi connectivity index (χ0v) is 39.6. The number of amides is 2. The Balaban J connectivity index is 0.789. The largest absolute Gasteiger partial charge is 0.443 e. The lowest BCUT2D eigenvalue weighted by atomic mass is 9.50. The molecule has 5 N–H and O–H groups in total. The van der Waals surface area contributed by atoms with Gasteiger partial charge in [0, 0.05) is 60.0 Å². The van der Waals surface area contributed by atoms with Crippen LogP contribution in [0.5, 0.6) is 0 Å². The van der Waals surface area contributed by atoms with Gasteiger partial charge in [0.15, 0.2) is 35.4 Å². The standard InChI is InChI=1S/C47H51ClF2N16O5/c1-24(2)20-62-21-27(31-14-38-51-7-9-63(38)43(54-31)56-36-13-32(59-60-36)41-39(50)35(23-69-41)71-45(68)58-47-5-3-28(47)4-6-47)22-65(62)66-33(15-37(61-66)55-42-40-29(48)19-53-64(40)10-8-52-42)26-11-30(49)34(12-26)70-44(67)57-46-16-25(17-46)18-46/h7-10,13-15,19,21-22,24-26,28,30,34-35,39,41H,3-6,11-12,16-18,20,23H2,1-2H3,(H4-,51,52,53,54,55,56,57,58,59,60,61,67,68)/p+1/t25?,26-,28?,30+,34-,35-,39+,41-,46?,47?/m0/s1. The number of fused-ring (bicyclic) bond motifs is 3. The van der Waals surface area contributed by atoms with Crippen molar-refractivity contribution in [3.05, 3.63) is 78.0 Å². The summed E-state index contributed by atoms with van der Waals surface area (Å²) >= 11 is 6.56. The van der Waals surface area contributed by atoms with Gasteiger partial charge in [-0.05, 0) is 90.2 Å². The number of alkyl carbamates (subject to hydrolysis) is 2. The van der Waals surface area contributed by atoms with Crippen molar-refractivity contribution in [1.29, 1.82) is 0 Å². The van der Waals surface area contributed by atoms with Gasteiger partial charge in [0.25, 0.3) is 0 Å². The summed E-state index contributed by atoms with van der Waals surface area (Å²) in [6.45, 7) is 4.67. The first-order valence-corrected chi connectivity index (χ1v) is 24.7. The van der Waals surface area contributed by atoms with E-state index in [4.69, 9.17) is 35.9 Å². The third-order valence-electron chi connectivity index (χ3n) is 15.6. The predicted molar refractivity (Wildman–Crippen MR) is 250 cm³/mol. The van der Waals surface area contributed by atoms with Crippen LogP contribution in [0.4, 0.5) is 41.8 Å². The molecule has 71 heavy (non-hydrogen) atoms. The van der Waals surface area contributed by atoms with E-state index >= 15 is 8.78 Å². The first kappa shape index (κ1) is 44.1. The number of aromatic amines is 1. The van der Waals surface area contributed by atoms with Crippen LogP contribution in [0.15, 0.2) is 61.6 Å². The summed E-state index contributed by atoms with van der Waals surface area (Å²) < 4.78 is 54.3. The van der Waals surface area contributed by atoms with E-state index in [2.05, 4.69) is 60.4 Å². The maximum atomic E-state index is 16.0. The molecule has 0 radical (unpaired) electrons. The van der Waals surface area contributed by atoms with Crippen molar-refractivity contribution in [2.45, 2.75) is 126 Å². The van der Waals surface area contributed by atoms with Crippen molar-refractivity contribution < 1.29 is 37.3 Å². The molecule has 7 fully saturated rings. The average Bonchev–Trinajstić information content (AvgIpc) is 4.19. The molecular formula is C47H52ClF2N16O5+. The van der Waals surface area contributed by atoms with Crippen LogP contribution in [0.25, 0.3) is 22.4 Å². The number of anilines is 4. The molecule has 7 aromatic heterocycles. The molecule has 0 spiro atoms. The highest BCUT2D eigenvalue weighted by Gasteiger charge is 2.58. The van der Waals surface area contributed by atoms with Crippen LogP contribution in [0.2, 0.25) is 5.02 Å². The van der Waals surface area contributed by atoms with Crippen molar-refractivity contribution >= 4 is 58.4 Å². The number of hydrogen-bond acceptors (Lipinski definition) is 13. The number of nitrogens with one attached hydrogen (secondary N) is 5. The molecule has 1 saturated heterocycles. The number of ether oxygens (including phenoxy) is 3. The molecule has 14 rings (SSSR count). The highest BCUT2D eigenvalue weighted by molar-refractivity contribution is 6.34. The first-order chi connectivity index (χ1) is 34.3. The molecule has 7 aliphatic rings. The van der Waals surface area contributed by atoms with Crippen LogP contribution in [0.1, 0.15) is 95.0 Å². The van der Waals surface area contributed by atoms with Gasteiger partial charge in [-0.15, -0.1) is 0 Å². The Morgan fingerprint density at radius 3 is 2.56 bits per heavy atom. The number of H-pyrrole nitrogens is 1. The number of nitrogens with zero attached hydrogens (tertiary/aromatic N) is 11. The Morgan fingerprint density at radius 2 is 1.80 bits per heavy atom. The minimum Gasteiger partial charge on any atom is -0.443 e. The molecule has 21 nitrogen and oxygen atoms in total. The van der Waals surface area contributed by atoms with Gasteiger partial charge in [0.1, 0.15) is 48.5 Å². The fourth-order valence-electron chi connectivity index (χ4n) is 11.6. The Hall–Kier alpha value is -6.88. The highest BCUT2D eigenvalue weighted by atomic mass is 35.5. The molecule has 1 aliphatic heterocycles. The van der Waals surface area contributed by atoms with Gasteiger partial charge in [-0.25, -0.2) is 37.8 Å². The van der Waals surface area contributed by atoms with Crippen molar-refractivity contribution in [3.63, 3.8) is 0 Å². The number of rotatable bonds is 14. The summed E-state index contributed by atoms with van der Waals surface area (Å²) in [4.78, 5) is 43.6. The second kappa shape index (κ2) is 16.6. The minimum atomic E-state index is -1.62. The van der Waals surface area contributed by atoms with Crippen molar-refractivity contribution in [3.8, 4) is 11.3 Å². The van der Waals surface area contributed by atoms with E-state index in [9.17, 15) is 9.59 Å². The fourth-order valence-corrected chi connectivity index (χ4v) is 11.8. The van der Waals surface area contributed by atoms with Crippen molar-refractivity contribution in [2.75, 3.05) is 17.2 Å². The van der Waals surface area contributed by atoms with E-state index in [-0.39, 0.29) is 36.4 Å². The molecule has 24 heteroatoms. The summed E-state index contributed by atoms with van der Waals surface area (Å²) in [5.74, 6) is 2.48. The van der Waals surface area contributed by atoms with Crippen LogP contribution >= 0.6 is 11.6 Å². The minimum absolute atomic E-state index is 0.0925. The van der Waals surface area contributed by atoms with Gasteiger partial charge in [-0.1, -0.05) is 25.4 Å². The maximum Gasteiger partial charge on any atom is 0.408 e. The van der Waals surface area contributed by atoms with E-state index in [0.717, 1.165) is 44.9 Å². The van der Waals surface area contributed by atoms with Gasteiger partial charge < -0.3 is 35.5 Å². The zero-order chi connectivity index (χ0) is 48.3. The molecular weight excluding hydrogens is 942 g/mol. The van der Waals surface area contributed by atoms with E-state index in [0.29, 0.717) is 80.6 Å². The predicted octanol–water partition coefficient (Wildman–Crippen LogP) is 6.87. The lowest BCUT2D eigenvalue weighted by Crippen LogP contribution is -2.68. The number of carbonyl (C=O) groups excluding carboxylic acids is 2. The highest BCUT2D eigenvalue weighted by Crippen LogP contribution is 2.57. The number of halogens is 3. The SMILES string of the molecule is CC(C)C[n+]1cc(-c2cc3nccn3c(Nc3cc([C@@H]4OC[C@H](OC(=O)NC56CCC5CC6)[C@H]4F)[nH]n3)n2)cn1-n1nc(Nc2nccn3ncc(Cl)c23)cc1[C@H]1C[C@@H](F)[C@@H](OC(=O)NC23CC(C2)C3)C1. The van der Waals surface area contributed by atoms with E-state index in [1.54, 1.807) is 44.6 Å². The monoisotopic (exact) mass is 993 g/mol. The summed E-state index contributed by atoms with van der Waals surface area (Å²) in [5.41, 5.74) is 3.04. The lowest BCUT2D eigenvalue weighted by Gasteiger charge is -2.61. The molecule has 6 atom stereocenters. The van der Waals surface area contributed by atoms with Crippen LogP contribution in [0.3, 0.4) is 0 Å². The van der Waals surface area contributed by atoms with Gasteiger partial charge in [-0.2, -0.15) is 14.9 Å². The van der Waals surface area contributed by atoms with E-state index in [1.165, 1.54) is 6.20 Å². The molecule has 7 aromatic rings. The summed E-state index contributed by atoms with van der Waals surface area (Å²) in [6, 6.07) is 5.35. The smallest absolute Gasteiger partial charge is 0.408 e. The number of alkyl halides is 2. The number of aromatic nitrogens is 12. The normalized spacial score (nSPS) is 29.3. The molecule has 0 unspecified atom stereocenters. The second-order valence-corrected chi connectivity index (χ2v) is 21.2. The van der Waals surface area contributed by atoms with Crippen molar-refractivity contribution in [2.24, 2.45) is 17.8 Å². The van der Waals surface area contributed by atoms with Crippen molar-refractivity contribution in [1.82, 2.24) is 64.5 Å². The van der Waals surface area contributed by atoms with Gasteiger partial charge in [0.05, 0.1) is 34.8 Å². The topological polar surface area (TPSA) is 226 Å². The summed E-state index contributed by atoms with van der Waals surface area (Å²) in [5, 5.41) is 29.7. The van der Waals surface area contributed by atoms with Crippen LogP contribution < -0.4 is 25.9 Å². The molecule has 8 heterocycles. The summed E-state index contributed by atoms with van der Waals surface area (Å²) in [6.07, 6.45) is 12.1. The number of hydrogen-bond donors (Lipinski definition) is 5. The number of imidazole rings is 1. The Labute approximate surface area is 408 Å². The Bertz CT molecular complexity index is 3200. The zero-order valence-electron chi connectivity index (χ0n) is 38.8. The molecule has 6 aliphatic carbocycles. The maximum absolute atomic E-state index is 16.0. The van der Waals surface area contributed by atoms with Gasteiger partial charge >= 0.3 is 12.2 Å². The quantitative estimate of drug-likeness (QED) is 0.0703. The molecule has 6 saturated carbocycles.